The molecule has 1 saturated heterocycles. The molecule has 3 atom stereocenters. The van der Waals surface area contributed by atoms with E-state index >= 15 is 0 Å². The Bertz CT molecular complexity index is 659. The van der Waals surface area contributed by atoms with Crippen molar-refractivity contribution in [3.05, 3.63) is 53.9 Å². The molecule has 0 unspecified atom stereocenters. The van der Waals surface area contributed by atoms with Crippen LogP contribution < -0.4 is 10.1 Å². The van der Waals surface area contributed by atoms with E-state index in [0.29, 0.717) is 5.92 Å². The van der Waals surface area contributed by atoms with Gasteiger partial charge < -0.3 is 14.8 Å². The number of hydrogen-bond donors (Lipinski definition) is 1. The van der Waals surface area contributed by atoms with E-state index in [1.165, 1.54) is 17.5 Å². The summed E-state index contributed by atoms with van der Waals surface area (Å²) in [6, 6.07) is 10.7. The molecule has 0 radical (unpaired) electrons. The van der Waals surface area contributed by atoms with Crippen LogP contribution in [0.25, 0.3) is 0 Å². The second kappa shape index (κ2) is 5.61. The summed E-state index contributed by atoms with van der Waals surface area (Å²) in [5.41, 5.74) is 3.64. The number of benzene rings is 1. The highest BCUT2D eigenvalue weighted by Crippen LogP contribution is 2.49. The van der Waals surface area contributed by atoms with E-state index in [2.05, 4.69) is 34.6 Å². The van der Waals surface area contributed by atoms with Crippen LogP contribution in [0.4, 0.5) is 5.69 Å². The van der Waals surface area contributed by atoms with Gasteiger partial charge in [0.05, 0.1) is 19.3 Å². The molecule has 0 saturated carbocycles. The molecule has 4 rings (SSSR count). The number of fused-ring (bicyclic) bond motifs is 3. The van der Waals surface area contributed by atoms with Gasteiger partial charge in [0.2, 0.25) is 0 Å². The quantitative estimate of drug-likeness (QED) is 0.917. The highest BCUT2D eigenvalue weighted by atomic mass is 16.5. The van der Waals surface area contributed by atoms with Crippen LogP contribution in [0.1, 0.15) is 36.1 Å². The van der Waals surface area contributed by atoms with Gasteiger partial charge >= 0.3 is 0 Å². The zero-order chi connectivity index (χ0) is 14.9. The minimum atomic E-state index is 0.137. The van der Waals surface area contributed by atoms with E-state index in [0.717, 1.165) is 24.5 Å². The predicted molar refractivity (Wildman–Crippen MR) is 85.0 cm³/mol. The van der Waals surface area contributed by atoms with Crippen molar-refractivity contribution in [1.29, 1.82) is 0 Å². The van der Waals surface area contributed by atoms with Crippen molar-refractivity contribution < 1.29 is 9.47 Å². The zero-order valence-electron chi connectivity index (χ0n) is 12.7. The molecular weight excluding hydrogens is 276 g/mol. The molecule has 22 heavy (non-hydrogen) atoms. The van der Waals surface area contributed by atoms with Gasteiger partial charge in [-0.15, -0.1) is 0 Å². The van der Waals surface area contributed by atoms with E-state index in [9.17, 15) is 0 Å². The van der Waals surface area contributed by atoms with E-state index in [-0.39, 0.29) is 12.1 Å². The molecule has 2 aliphatic rings. The molecule has 1 aromatic carbocycles. The standard InChI is InChI=1S/C18H20N2O2/c1-21-13-4-5-16-15(11-13)18-14(3-2-10-22-18)17(20-16)12-6-8-19-9-7-12/h4-9,11,14,17-18,20H,2-3,10H2,1H3/t14-,17+,18-/m1/s1. The first kappa shape index (κ1) is 13.6. The summed E-state index contributed by atoms with van der Waals surface area (Å²) in [6.07, 6.45) is 6.14. The van der Waals surface area contributed by atoms with Gasteiger partial charge in [0, 0.05) is 36.2 Å². The SMILES string of the molecule is COc1ccc2c(c1)[C@@H]1OCCC[C@@H]1[C@H](c1ccncc1)N2. The van der Waals surface area contributed by atoms with Crippen molar-refractivity contribution in [1.82, 2.24) is 4.98 Å². The normalized spacial score (nSPS) is 26.5. The Labute approximate surface area is 130 Å². The van der Waals surface area contributed by atoms with Crippen LogP contribution in [-0.2, 0) is 4.74 Å². The summed E-state index contributed by atoms with van der Waals surface area (Å²) in [5.74, 6) is 1.33. The van der Waals surface area contributed by atoms with Gasteiger partial charge in [-0.2, -0.15) is 0 Å². The second-order valence-electron chi connectivity index (χ2n) is 5.95. The average molecular weight is 296 g/mol. The van der Waals surface area contributed by atoms with Crippen LogP contribution in [0.2, 0.25) is 0 Å². The molecular formula is C18H20N2O2. The zero-order valence-corrected chi connectivity index (χ0v) is 12.7. The maximum absolute atomic E-state index is 6.15. The van der Waals surface area contributed by atoms with Crippen LogP contribution in [-0.4, -0.2) is 18.7 Å². The number of anilines is 1. The third kappa shape index (κ3) is 2.24. The number of methoxy groups -OCH3 is 1. The Balaban J connectivity index is 1.77. The second-order valence-corrected chi connectivity index (χ2v) is 5.95. The lowest BCUT2D eigenvalue weighted by molar-refractivity contribution is -0.0382. The maximum atomic E-state index is 6.15. The highest BCUT2D eigenvalue weighted by Gasteiger charge is 2.39. The minimum absolute atomic E-state index is 0.137. The predicted octanol–water partition coefficient (Wildman–Crippen LogP) is 3.72. The molecule has 3 heterocycles. The first-order valence-electron chi connectivity index (χ1n) is 7.83. The van der Waals surface area contributed by atoms with Crippen molar-refractivity contribution in [3.8, 4) is 5.75 Å². The van der Waals surface area contributed by atoms with Gasteiger partial charge in [-0.05, 0) is 48.7 Å². The fourth-order valence-electron chi connectivity index (χ4n) is 3.68. The summed E-state index contributed by atoms with van der Waals surface area (Å²) in [7, 11) is 1.71. The molecule has 0 spiro atoms. The average Bonchev–Trinajstić information content (AvgIpc) is 2.61. The third-order valence-electron chi connectivity index (χ3n) is 4.74. The van der Waals surface area contributed by atoms with E-state index in [4.69, 9.17) is 9.47 Å². The van der Waals surface area contributed by atoms with E-state index in [1.807, 2.05) is 18.5 Å². The van der Waals surface area contributed by atoms with Gasteiger partial charge in [0.25, 0.3) is 0 Å². The number of rotatable bonds is 2. The van der Waals surface area contributed by atoms with Crippen molar-refractivity contribution >= 4 is 5.69 Å². The lowest BCUT2D eigenvalue weighted by Crippen LogP contribution is -2.36. The molecule has 4 nitrogen and oxygen atoms in total. The summed E-state index contributed by atoms with van der Waals surface area (Å²) >= 11 is 0. The van der Waals surface area contributed by atoms with Gasteiger partial charge in [-0.1, -0.05) is 0 Å². The first-order valence-corrected chi connectivity index (χ1v) is 7.83. The van der Waals surface area contributed by atoms with Gasteiger partial charge in [-0.3, -0.25) is 4.98 Å². The van der Waals surface area contributed by atoms with Crippen LogP contribution in [0.15, 0.2) is 42.7 Å². The van der Waals surface area contributed by atoms with Crippen molar-refractivity contribution in [3.63, 3.8) is 0 Å². The highest BCUT2D eigenvalue weighted by molar-refractivity contribution is 5.59. The van der Waals surface area contributed by atoms with Crippen LogP contribution in [0, 0.1) is 5.92 Å². The van der Waals surface area contributed by atoms with Crippen molar-refractivity contribution in [2.24, 2.45) is 5.92 Å². The largest absolute Gasteiger partial charge is 0.497 e. The third-order valence-corrected chi connectivity index (χ3v) is 4.74. The van der Waals surface area contributed by atoms with Crippen molar-refractivity contribution in [2.45, 2.75) is 25.0 Å². The number of hydrogen-bond acceptors (Lipinski definition) is 4. The number of aromatic nitrogens is 1. The number of pyridine rings is 1. The van der Waals surface area contributed by atoms with Crippen LogP contribution in [0.5, 0.6) is 5.75 Å². The fourth-order valence-corrected chi connectivity index (χ4v) is 3.68. The lowest BCUT2D eigenvalue weighted by atomic mass is 9.77. The molecule has 114 valence electrons. The summed E-state index contributed by atoms with van der Waals surface area (Å²) in [4.78, 5) is 4.14. The Hall–Kier alpha value is -2.07. The number of nitrogens with zero attached hydrogens (tertiary/aromatic N) is 1. The molecule has 1 aromatic heterocycles. The topological polar surface area (TPSA) is 43.4 Å². The Morgan fingerprint density at radius 2 is 2.09 bits per heavy atom. The molecule has 0 amide bonds. The van der Waals surface area contributed by atoms with Gasteiger partial charge in [0.1, 0.15) is 5.75 Å². The Morgan fingerprint density at radius 1 is 1.23 bits per heavy atom. The van der Waals surface area contributed by atoms with Crippen molar-refractivity contribution in [2.75, 3.05) is 19.0 Å². The minimum Gasteiger partial charge on any atom is -0.497 e. The van der Waals surface area contributed by atoms with E-state index in [1.54, 1.807) is 7.11 Å². The Kier molecular flexibility index (Phi) is 3.47. The van der Waals surface area contributed by atoms with Gasteiger partial charge in [0.15, 0.2) is 0 Å². The molecule has 4 heteroatoms. The summed E-state index contributed by atoms with van der Waals surface area (Å²) < 4.78 is 11.5. The lowest BCUT2D eigenvalue weighted by Gasteiger charge is -2.43. The summed E-state index contributed by atoms with van der Waals surface area (Å²) in [6.45, 7) is 0.834. The van der Waals surface area contributed by atoms with E-state index < -0.39 is 0 Å². The van der Waals surface area contributed by atoms with Gasteiger partial charge in [-0.25, -0.2) is 0 Å². The first-order chi connectivity index (χ1) is 10.9. The molecule has 0 aliphatic carbocycles. The number of nitrogens with one attached hydrogen (secondary N) is 1. The number of ether oxygens (including phenoxy) is 2. The molecule has 2 aliphatic heterocycles. The maximum Gasteiger partial charge on any atom is 0.119 e. The van der Waals surface area contributed by atoms with Crippen LogP contribution >= 0.6 is 0 Å². The molecule has 1 N–H and O–H groups in total. The molecule has 1 fully saturated rings. The Morgan fingerprint density at radius 3 is 2.91 bits per heavy atom. The van der Waals surface area contributed by atoms with Crippen LogP contribution in [0.3, 0.4) is 0 Å². The summed E-state index contributed by atoms with van der Waals surface area (Å²) in [5, 5.41) is 3.70. The smallest absolute Gasteiger partial charge is 0.119 e. The molecule has 0 bridgehead atoms. The fraction of sp³-hybridized carbons (Fsp3) is 0.389. The monoisotopic (exact) mass is 296 g/mol. The molecule has 2 aromatic rings.